The molecule has 3 N–H and O–H groups in total. The standard InChI is InChI=1S/C27H36N6O3/c1-36-18-17-33(15-5-8-21-13-12-20-7-4-14-28-25(20)31-21)16-6-11-24(27(34)35)32-26-22-9-2-3-10-23(22)29-19-30-26/h2-3,9-10,12-13,19,24H,4-8,11,14-18H2,1H3,(H,28,31)(H,34,35)(H,29,30,32)/t24-/m0/s1. The largest absolute Gasteiger partial charge is 0.480 e. The second-order valence-corrected chi connectivity index (χ2v) is 9.20. The number of hydrogen-bond donors (Lipinski definition) is 3. The molecule has 0 aliphatic carbocycles. The second kappa shape index (κ2) is 13.1. The van der Waals surface area contributed by atoms with Gasteiger partial charge in [0.15, 0.2) is 0 Å². The molecular weight excluding hydrogens is 456 g/mol. The number of benzene rings is 1. The number of para-hydroxylation sites is 1. The second-order valence-electron chi connectivity index (χ2n) is 9.20. The Morgan fingerprint density at radius 2 is 2.03 bits per heavy atom. The lowest BCUT2D eigenvalue weighted by atomic mass is 10.1. The van der Waals surface area contributed by atoms with E-state index in [2.05, 4.69) is 37.6 Å². The summed E-state index contributed by atoms with van der Waals surface area (Å²) in [6.07, 6.45) is 6.87. The Bertz CT molecular complexity index is 1140. The minimum atomic E-state index is -0.881. The minimum Gasteiger partial charge on any atom is -0.480 e. The van der Waals surface area contributed by atoms with Gasteiger partial charge < -0.3 is 25.4 Å². The number of nitrogens with zero attached hydrogens (tertiary/aromatic N) is 4. The lowest BCUT2D eigenvalue weighted by Gasteiger charge is -2.23. The molecule has 1 atom stereocenters. The Balaban J connectivity index is 1.28. The van der Waals surface area contributed by atoms with Gasteiger partial charge in [0, 0.05) is 31.3 Å². The first-order chi connectivity index (χ1) is 17.6. The van der Waals surface area contributed by atoms with Crippen LogP contribution in [-0.2, 0) is 22.4 Å². The fraction of sp³-hybridized carbons (Fsp3) is 0.481. The number of fused-ring (bicyclic) bond motifs is 2. The van der Waals surface area contributed by atoms with Crippen molar-refractivity contribution < 1.29 is 14.6 Å². The van der Waals surface area contributed by atoms with Crippen LogP contribution >= 0.6 is 0 Å². The van der Waals surface area contributed by atoms with Gasteiger partial charge in [-0.05, 0) is 75.4 Å². The number of nitrogens with one attached hydrogen (secondary N) is 2. The summed E-state index contributed by atoms with van der Waals surface area (Å²) in [4.78, 5) is 27.7. The summed E-state index contributed by atoms with van der Waals surface area (Å²) in [5, 5.41) is 17.2. The van der Waals surface area contributed by atoms with E-state index in [0.29, 0.717) is 18.8 Å². The van der Waals surface area contributed by atoms with Crippen molar-refractivity contribution in [1.82, 2.24) is 19.9 Å². The van der Waals surface area contributed by atoms with Crippen LogP contribution in [0.15, 0.2) is 42.7 Å². The van der Waals surface area contributed by atoms with E-state index >= 15 is 0 Å². The molecule has 0 bridgehead atoms. The van der Waals surface area contributed by atoms with Crippen molar-refractivity contribution in [3.05, 3.63) is 54.0 Å². The number of methoxy groups -OCH3 is 1. The number of aromatic nitrogens is 3. The highest BCUT2D eigenvalue weighted by Gasteiger charge is 2.19. The van der Waals surface area contributed by atoms with E-state index in [0.717, 1.165) is 80.7 Å². The third kappa shape index (κ3) is 7.11. The molecule has 36 heavy (non-hydrogen) atoms. The van der Waals surface area contributed by atoms with Crippen molar-refractivity contribution in [3.63, 3.8) is 0 Å². The number of carbonyl (C=O) groups is 1. The zero-order chi connectivity index (χ0) is 25.2. The van der Waals surface area contributed by atoms with Crippen LogP contribution < -0.4 is 10.6 Å². The molecule has 3 aromatic rings. The SMILES string of the molecule is COCCN(CCCc1ccc2c(n1)NCCC2)CCC[C@H](Nc1ncnc2ccccc12)C(=O)O. The van der Waals surface area contributed by atoms with Crippen LogP contribution in [0.2, 0.25) is 0 Å². The normalized spacial score (nSPS) is 13.8. The van der Waals surface area contributed by atoms with Gasteiger partial charge in [0.05, 0.1) is 12.1 Å². The Morgan fingerprint density at radius 1 is 1.17 bits per heavy atom. The van der Waals surface area contributed by atoms with Crippen LogP contribution in [0.1, 0.15) is 36.9 Å². The van der Waals surface area contributed by atoms with Crippen LogP contribution in [0.5, 0.6) is 0 Å². The molecule has 0 saturated heterocycles. The van der Waals surface area contributed by atoms with Crippen molar-refractivity contribution in [3.8, 4) is 0 Å². The molecule has 0 unspecified atom stereocenters. The van der Waals surface area contributed by atoms with E-state index < -0.39 is 12.0 Å². The Labute approximate surface area is 212 Å². The quantitative estimate of drug-likeness (QED) is 0.311. The molecule has 2 aromatic heterocycles. The smallest absolute Gasteiger partial charge is 0.326 e. The van der Waals surface area contributed by atoms with Crippen LogP contribution in [0.4, 0.5) is 11.6 Å². The van der Waals surface area contributed by atoms with Gasteiger partial charge >= 0.3 is 5.97 Å². The van der Waals surface area contributed by atoms with Gasteiger partial charge in [0.2, 0.25) is 0 Å². The first kappa shape index (κ1) is 25.8. The van der Waals surface area contributed by atoms with Crippen molar-refractivity contribution in [2.45, 2.75) is 44.6 Å². The summed E-state index contributed by atoms with van der Waals surface area (Å²) >= 11 is 0. The van der Waals surface area contributed by atoms with Gasteiger partial charge in [0.1, 0.15) is 24.0 Å². The Kier molecular flexibility index (Phi) is 9.40. The number of hydrogen-bond acceptors (Lipinski definition) is 8. The van der Waals surface area contributed by atoms with Crippen molar-refractivity contribution in [1.29, 1.82) is 0 Å². The molecule has 1 aromatic carbocycles. The Morgan fingerprint density at radius 3 is 2.89 bits per heavy atom. The summed E-state index contributed by atoms with van der Waals surface area (Å²) < 4.78 is 5.30. The average molecular weight is 493 g/mol. The van der Waals surface area contributed by atoms with Gasteiger partial charge in [-0.2, -0.15) is 0 Å². The molecule has 192 valence electrons. The van der Waals surface area contributed by atoms with E-state index in [9.17, 15) is 9.90 Å². The molecule has 1 aliphatic rings. The van der Waals surface area contributed by atoms with Crippen LogP contribution in [-0.4, -0.2) is 76.9 Å². The van der Waals surface area contributed by atoms with Crippen LogP contribution in [0.3, 0.4) is 0 Å². The number of aliphatic carboxylic acids is 1. The molecule has 0 saturated carbocycles. The van der Waals surface area contributed by atoms with Gasteiger partial charge in [-0.15, -0.1) is 0 Å². The van der Waals surface area contributed by atoms with Crippen LogP contribution in [0.25, 0.3) is 10.9 Å². The fourth-order valence-electron chi connectivity index (χ4n) is 4.61. The highest BCUT2D eigenvalue weighted by atomic mass is 16.5. The maximum Gasteiger partial charge on any atom is 0.326 e. The number of rotatable bonds is 14. The highest BCUT2D eigenvalue weighted by molar-refractivity contribution is 5.90. The zero-order valence-corrected chi connectivity index (χ0v) is 20.9. The molecule has 0 fully saturated rings. The number of carboxylic acids is 1. The maximum absolute atomic E-state index is 12.0. The van der Waals surface area contributed by atoms with Gasteiger partial charge in [-0.1, -0.05) is 18.2 Å². The van der Waals surface area contributed by atoms with E-state index in [1.54, 1.807) is 7.11 Å². The predicted octanol–water partition coefficient (Wildman–Crippen LogP) is 3.61. The number of ether oxygens (including phenoxy) is 1. The summed E-state index contributed by atoms with van der Waals surface area (Å²) in [5.74, 6) is 0.711. The van der Waals surface area contributed by atoms with Gasteiger partial charge in [-0.25, -0.2) is 19.7 Å². The topological polar surface area (TPSA) is 113 Å². The number of pyridine rings is 1. The van der Waals surface area contributed by atoms with E-state index in [1.165, 1.54) is 11.9 Å². The van der Waals surface area contributed by atoms with Gasteiger partial charge in [-0.3, -0.25) is 0 Å². The molecule has 9 heteroatoms. The molecule has 0 amide bonds. The van der Waals surface area contributed by atoms with Crippen LogP contribution in [0, 0.1) is 0 Å². The molecule has 0 spiro atoms. The van der Waals surface area contributed by atoms with E-state index in [4.69, 9.17) is 9.72 Å². The van der Waals surface area contributed by atoms with Crippen molar-refractivity contribution in [2.24, 2.45) is 0 Å². The number of anilines is 2. The maximum atomic E-state index is 12.0. The third-order valence-corrected chi connectivity index (χ3v) is 6.59. The van der Waals surface area contributed by atoms with E-state index in [-0.39, 0.29) is 0 Å². The predicted molar refractivity (Wildman–Crippen MR) is 142 cm³/mol. The number of aryl methyl sites for hydroxylation is 2. The fourth-order valence-corrected chi connectivity index (χ4v) is 4.61. The molecule has 1 aliphatic heterocycles. The van der Waals surface area contributed by atoms with Gasteiger partial charge in [0.25, 0.3) is 0 Å². The zero-order valence-electron chi connectivity index (χ0n) is 20.9. The summed E-state index contributed by atoms with van der Waals surface area (Å²) in [5.41, 5.74) is 3.21. The summed E-state index contributed by atoms with van der Waals surface area (Å²) in [7, 11) is 1.71. The molecule has 4 rings (SSSR count). The minimum absolute atomic E-state index is 0.495. The molecule has 3 heterocycles. The summed E-state index contributed by atoms with van der Waals surface area (Å²) in [6, 6.07) is 11.2. The lowest BCUT2D eigenvalue weighted by molar-refractivity contribution is -0.138. The molecule has 9 nitrogen and oxygen atoms in total. The molecular formula is C27H36N6O3. The van der Waals surface area contributed by atoms with Crippen molar-refractivity contribution in [2.75, 3.05) is 50.5 Å². The first-order valence-corrected chi connectivity index (χ1v) is 12.8. The highest BCUT2D eigenvalue weighted by Crippen LogP contribution is 2.21. The lowest BCUT2D eigenvalue weighted by Crippen LogP contribution is -2.33. The Hall–Kier alpha value is -3.30. The monoisotopic (exact) mass is 492 g/mol. The number of carboxylic acid groups (broad SMARTS) is 1. The average Bonchev–Trinajstić information content (AvgIpc) is 2.90. The molecule has 0 radical (unpaired) electrons. The van der Waals surface area contributed by atoms with E-state index in [1.807, 2.05) is 24.3 Å². The third-order valence-electron chi connectivity index (χ3n) is 6.59. The first-order valence-electron chi connectivity index (χ1n) is 12.8. The van der Waals surface area contributed by atoms with Crippen molar-refractivity contribution >= 4 is 28.5 Å². The summed E-state index contributed by atoms with van der Waals surface area (Å²) in [6.45, 7) is 4.18.